The first kappa shape index (κ1) is 27.9. The van der Waals surface area contributed by atoms with Gasteiger partial charge in [-0.15, -0.1) is 0 Å². The first-order valence-electron chi connectivity index (χ1n) is 12.1. The van der Waals surface area contributed by atoms with Gasteiger partial charge in [-0.2, -0.15) is 0 Å². The van der Waals surface area contributed by atoms with E-state index in [-0.39, 0.29) is 5.97 Å². The van der Waals surface area contributed by atoms with E-state index in [1.165, 1.54) is 44.9 Å². The van der Waals surface area contributed by atoms with Crippen molar-refractivity contribution in [1.82, 2.24) is 4.57 Å². The summed E-state index contributed by atoms with van der Waals surface area (Å²) in [7, 11) is 2.62. The van der Waals surface area contributed by atoms with Gasteiger partial charge in [0.2, 0.25) is 0 Å². The molecule has 0 radical (unpaired) electrons. The van der Waals surface area contributed by atoms with Gasteiger partial charge in [-0.3, -0.25) is 4.79 Å². The molecule has 7 heteroatoms. The number of nitrogens with zero attached hydrogens (tertiary/aromatic N) is 1. The van der Waals surface area contributed by atoms with E-state index in [0.717, 1.165) is 44.7 Å². The number of unbranched alkanes of at least 4 members (excludes halogenated alkanes) is 10. The van der Waals surface area contributed by atoms with Gasteiger partial charge >= 0.3 is 14.8 Å². The Morgan fingerprint density at radius 3 is 1.84 bits per heavy atom. The van der Waals surface area contributed by atoms with Gasteiger partial charge in [0.15, 0.2) is 0 Å². The number of hydrogen-bond acceptors (Lipinski definition) is 5. The molecule has 0 unspecified atom stereocenters. The Hall–Kier alpha value is -1.15. The van der Waals surface area contributed by atoms with Gasteiger partial charge in [-0.1, -0.05) is 44.9 Å². The largest absolute Gasteiger partial charge is 0.500 e. The number of aromatic nitrogens is 1. The summed E-state index contributed by atoms with van der Waals surface area (Å²) in [6, 6.07) is 4.99. The molecule has 0 aliphatic carbocycles. The maximum absolute atomic E-state index is 11.8. The van der Waals surface area contributed by atoms with Crippen LogP contribution in [0, 0.1) is 0 Å². The van der Waals surface area contributed by atoms with Crippen LogP contribution in [-0.2, 0) is 29.4 Å². The number of carbonyl (C=O) groups is 1. The minimum Gasteiger partial charge on any atom is -0.466 e. The van der Waals surface area contributed by atoms with Gasteiger partial charge in [0.05, 0.1) is 6.61 Å². The van der Waals surface area contributed by atoms with Gasteiger partial charge in [-0.05, 0) is 44.2 Å². The lowest BCUT2D eigenvalue weighted by atomic mass is 10.1. The quantitative estimate of drug-likeness (QED) is 0.130. The van der Waals surface area contributed by atoms with Crippen LogP contribution in [0.4, 0.5) is 0 Å². The van der Waals surface area contributed by atoms with Crippen LogP contribution in [0.5, 0.6) is 0 Å². The fraction of sp³-hybridized carbons (Fsp3) is 0.792. The van der Waals surface area contributed by atoms with Crippen molar-refractivity contribution in [3.63, 3.8) is 0 Å². The van der Waals surface area contributed by atoms with Crippen molar-refractivity contribution in [2.75, 3.05) is 27.9 Å². The molecule has 180 valence electrons. The Bertz CT molecular complexity index is 526. The van der Waals surface area contributed by atoms with Crippen LogP contribution < -0.4 is 0 Å². The second-order valence-corrected chi connectivity index (χ2v) is 11.3. The monoisotopic (exact) mass is 455 g/mol. The minimum absolute atomic E-state index is 0.0329. The van der Waals surface area contributed by atoms with Crippen LogP contribution >= 0.6 is 0 Å². The predicted molar refractivity (Wildman–Crippen MR) is 127 cm³/mol. The van der Waals surface area contributed by atoms with Gasteiger partial charge in [0.25, 0.3) is 0 Å². The zero-order valence-electron chi connectivity index (χ0n) is 20.1. The maximum Gasteiger partial charge on any atom is 0.500 e. The summed E-state index contributed by atoms with van der Waals surface area (Å²) in [5, 5.41) is 0. The number of rotatable bonds is 21. The number of esters is 1. The van der Waals surface area contributed by atoms with E-state index in [2.05, 4.69) is 29.1 Å². The molecule has 1 rings (SSSR count). The molecule has 0 aromatic carbocycles. The van der Waals surface area contributed by atoms with Crippen LogP contribution in [0.1, 0.15) is 83.5 Å². The first-order chi connectivity index (χ1) is 15.2. The molecule has 0 amide bonds. The molecule has 0 atom stereocenters. The third kappa shape index (κ3) is 13.8. The Labute approximate surface area is 191 Å². The van der Waals surface area contributed by atoms with Gasteiger partial charge in [-0.25, -0.2) is 0 Å². The van der Waals surface area contributed by atoms with Crippen LogP contribution in [0.25, 0.3) is 0 Å². The van der Waals surface area contributed by atoms with Crippen LogP contribution in [0.15, 0.2) is 24.5 Å². The van der Waals surface area contributed by atoms with Gasteiger partial charge in [0.1, 0.15) is 0 Å². The lowest BCUT2D eigenvalue weighted by Crippen LogP contribution is -2.42. The summed E-state index contributed by atoms with van der Waals surface area (Å²) in [6.07, 6.45) is 18.5. The molecule has 6 nitrogen and oxygen atoms in total. The Morgan fingerprint density at radius 1 is 0.710 bits per heavy atom. The lowest BCUT2D eigenvalue weighted by molar-refractivity contribution is -0.143. The topological polar surface area (TPSA) is 58.9 Å². The van der Waals surface area contributed by atoms with E-state index < -0.39 is 8.80 Å². The summed E-state index contributed by atoms with van der Waals surface area (Å²) in [4.78, 5) is 11.8. The Balaban J connectivity index is 1.82. The molecule has 0 saturated heterocycles. The average Bonchev–Trinajstić information content (AvgIpc) is 3.31. The van der Waals surface area contributed by atoms with Crippen LogP contribution in [0.2, 0.25) is 6.04 Å². The number of ether oxygens (including phenoxy) is 1. The maximum atomic E-state index is 11.8. The molecule has 0 N–H and O–H groups in total. The molecule has 0 aliphatic heterocycles. The molecular weight excluding hydrogens is 410 g/mol. The smallest absolute Gasteiger partial charge is 0.466 e. The molecule has 1 aromatic rings. The first-order valence-corrected chi connectivity index (χ1v) is 14.0. The lowest BCUT2D eigenvalue weighted by Gasteiger charge is -2.24. The van der Waals surface area contributed by atoms with Crippen molar-refractivity contribution >= 4 is 14.8 Å². The fourth-order valence-electron chi connectivity index (χ4n) is 3.76. The van der Waals surface area contributed by atoms with Crippen molar-refractivity contribution < 1.29 is 22.8 Å². The van der Waals surface area contributed by atoms with E-state index >= 15 is 0 Å². The SMILES string of the molecule is CO[Si](CCCCCCCCCCC(=O)OCCCCCCn1cccc1)(OC)OC. The van der Waals surface area contributed by atoms with E-state index in [1.807, 2.05) is 0 Å². The molecule has 0 fully saturated rings. The zero-order valence-corrected chi connectivity index (χ0v) is 21.1. The summed E-state index contributed by atoms with van der Waals surface area (Å²) in [5.41, 5.74) is 0. The molecular formula is C24H45NO5Si. The Kier molecular flexibility index (Phi) is 16.6. The molecule has 1 aromatic heterocycles. The highest BCUT2D eigenvalue weighted by molar-refractivity contribution is 6.60. The third-order valence-corrected chi connectivity index (χ3v) is 8.62. The highest BCUT2D eigenvalue weighted by atomic mass is 28.4. The number of aryl methyl sites for hydroxylation is 1. The normalized spacial score (nSPS) is 11.7. The average molecular weight is 456 g/mol. The molecule has 0 bridgehead atoms. The summed E-state index contributed by atoms with van der Waals surface area (Å²) < 4.78 is 23.9. The van der Waals surface area contributed by atoms with Crippen LogP contribution in [0.3, 0.4) is 0 Å². The van der Waals surface area contributed by atoms with Gasteiger partial charge in [0, 0.05) is 52.7 Å². The van der Waals surface area contributed by atoms with Crippen molar-refractivity contribution in [3.05, 3.63) is 24.5 Å². The van der Waals surface area contributed by atoms with E-state index in [0.29, 0.717) is 13.0 Å². The summed E-state index contributed by atoms with van der Waals surface area (Å²) >= 11 is 0. The van der Waals surface area contributed by atoms with Crippen molar-refractivity contribution in [2.24, 2.45) is 0 Å². The van der Waals surface area contributed by atoms with E-state index in [1.54, 1.807) is 21.3 Å². The second kappa shape index (κ2) is 18.4. The van der Waals surface area contributed by atoms with Crippen LogP contribution in [-0.4, -0.2) is 47.3 Å². The number of carbonyl (C=O) groups excluding carboxylic acids is 1. The van der Waals surface area contributed by atoms with E-state index in [4.69, 9.17) is 18.0 Å². The molecule has 0 aliphatic rings. The Morgan fingerprint density at radius 2 is 1.23 bits per heavy atom. The molecule has 31 heavy (non-hydrogen) atoms. The number of hydrogen-bond donors (Lipinski definition) is 0. The summed E-state index contributed by atoms with van der Waals surface area (Å²) in [6.45, 7) is 1.65. The second-order valence-electron chi connectivity index (χ2n) is 8.18. The zero-order chi connectivity index (χ0) is 22.6. The molecule has 0 saturated carbocycles. The van der Waals surface area contributed by atoms with Gasteiger partial charge < -0.3 is 22.6 Å². The summed E-state index contributed by atoms with van der Waals surface area (Å²) in [5.74, 6) is -0.0329. The fourth-order valence-corrected chi connectivity index (χ4v) is 5.55. The highest BCUT2D eigenvalue weighted by Gasteiger charge is 2.36. The van der Waals surface area contributed by atoms with Crippen molar-refractivity contribution in [1.29, 1.82) is 0 Å². The molecule has 1 heterocycles. The predicted octanol–water partition coefficient (Wildman–Crippen LogP) is 5.98. The van der Waals surface area contributed by atoms with Crippen molar-refractivity contribution in [3.8, 4) is 0 Å². The third-order valence-electron chi connectivity index (χ3n) is 5.79. The van der Waals surface area contributed by atoms with E-state index in [9.17, 15) is 4.79 Å². The molecule has 0 spiro atoms. The highest BCUT2D eigenvalue weighted by Crippen LogP contribution is 2.18. The minimum atomic E-state index is -2.39. The van der Waals surface area contributed by atoms with Crippen molar-refractivity contribution in [2.45, 2.75) is 96.1 Å². The standard InChI is InChI=1S/C24H45NO5Si/c1-27-31(28-2,29-3)23-17-11-7-5-4-6-8-12-18-24(26)30-22-16-10-9-13-19-25-20-14-15-21-25/h14-15,20-21H,4-13,16-19,22-23H2,1-3H3.